The highest BCUT2D eigenvalue weighted by atomic mass is 19.4. The molecule has 0 saturated heterocycles. The van der Waals surface area contributed by atoms with Gasteiger partial charge in [0.2, 0.25) is 0 Å². The van der Waals surface area contributed by atoms with E-state index in [9.17, 15) is 65.9 Å². The molecular formula is C19H17F15O2. The molecule has 0 fully saturated rings. The van der Waals surface area contributed by atoms with E-state index in [0.717, 1.165) is 18.2 Å². The molecule has 1 rings (SSSR count). The van der Waals surface area contributed by atoms with Gasteiger partial charge in [-0.3, -0.25) is 0 Å². The van der Waals surface area contributed by atoms with Crippen LogP contribution in [-0.2, 0) is 10.3 Å². The minimum atomic E-state index is -8.33. The Hall–Kier alpha value is -2.07. The van der Waals surface area contributed by atoms with Gasteiger partial charge in [0.05, 0.1) is 18.6 Å². The topological polar surface area (TPSA) is 18.5 Å². The van der Waals surface area contributed by atoms with E-state index in [0.29, 0.717) is 14.0 Å². The van der Waals surface area contributed by atoms with Crippen LogP contribution in [0, 0.1) is 0 Å². The summed E-state index contributed by atoms with van der Waals surface area (Å²) in [5, 5.41) is 0. The zero-order valence-electron chi connectivity index (χ0n) is 18.2. The molecule has 0 aromatic heterocycles. The third-order valence-corrected chi connectivity index (χ3v) is 5.16. The van der Waals surface area contributed by atoms with Gasteiger partial charge in [0.15, 0.2) is 0 Å². The van der Waals surface area contributed by atoms with Crippen molar-refractivity contribution in [2.75, 3.05) is 13.7 Å². The Morgan fingerprint density at radius 3 is 1.47 bits per heavy atom. The Morgan fingerprint density at radius 2 is 1.06 bits per heavy atom. The fourth-order valence-corrected chi connectivity index (χ4v) is 3.00. The Balaban J connectivity index is 3.64. The van der Waals surface area contributed by atoms with E-state index in [4.69, 9.17) is 4.74 Å². The fraction of sp³-hybridized carbons (Fsp3) is 0.684. The van der Waals surface area contributed by atoms with E-state index in [1.807, 2.05) is 0 Å². The number of ether oxygens (including phenoxy) is 2. The molecule has 0 heterocycles. The number of rotatable bonds is 11. The SMILES string of the molecule is CCOc1ccccc1C(C)(CC(F)(F)C(F)(F)C(F)(F)C(F)(F)C(F)(F)C(F)(F)C(F)(F)F)OC. The third kappa shape index (κ3) is 4.66. The van der Waals surface area contributed by atoms with Gasteiger partial charge in [0.25, 0.3) is 0 Å². The van der Waals surface area contributed by atoms with Gasteiger partial charge in [-0.25, -0.2) is 0 Å². The first-order valence-electron chi connectivity index (χ1n) is 9.43. The first kappa shape index (κ1) is 32.0. The molecule has 0 amide bonds. The summed E-state index contributed by atoms with van der Waals surface area (Å²) in [5.41, 5.74) is -3.32. The summed E-state index contributed by atoms with van der Waals surface area (Å²) >= 11 is 0. The summed E-state index contributed by atoms with van der Waals surface area (Å²) in [6, 6.07) is 4.34. The minimum absolute atomic E-state index is 0.157. The Kier molecular flexibility index (Phi) is 8.30. The van der Waals surface area contributed by atoms with Crippen LogP contribution in [-0.4, -0.2) is 55.4 Å². The molecule has 0 aliphatic heterocycles. The lowest BCUT2D eigenvalue weighted by Crippen LogP contribution is -2.72. The second-order valence-corrected chi connectivity index (χ2v) is 7.62. The average Bonchev–Trinajstić information content (AvgIpc) is 2.72. The third-order valence-electron chi connectivity index (χ3n) is 5.16. The number of hydrogen-bond donors (Lipinski definition) is 0. The maximum atomic E-state index is 14.5. The van der Waals surface area contributed by atoms with Crippen molar-refractivity contribution in [3.05, 3.63) is 29.8 Å². The molecule has 0 saturated carbocycles. The minimum Gasteiger partial charge on any atom is -0.493 e. The van der Waals surface area contributed by atoms with Crippen molar-refractivity contribution in [3.63, 3.8) is 0 Å². The van der Waals surface area contributed by atoms with Crippen molar-refractivity contribution >= 4 is 0 Å². The highest BCUT2D eigenvalue weighted by Gasteiger charge is 2.93. The van der Waals surface area contributed by atoms with Gasteiger partial charge in [-0.15, -0.1) is 0 Å². The van der Waals surface area contributed by atoms with E-state index in [-0.39, 0.29) is 12.4 Å². The predicted octanol–water partition coefficient (Wildman–Crippen LogP) is 7.71. The lowest BCUT2D eigenvalue weighted by Gasteiger charge is -2.43. The molecule has 1 aromatic rings. The van der Waals surface area contributed by atoms with Crippen molar-refractivity contribution < 1.29 is 75.3 Å². The summed E-state index contributed by atoms with van der Waals surface area (Å²) < 4.78 is 211. The highest BCUT2D eigenvalue weighted by molar-refractivity contribution is 5.38. The molecule has 2 nitrogen and oxygen atoms in total. The summed E-state index contributed by atoms with van der Waals surface area (Å²) in [5.74, 6) is -47.2. The van der Waals surface area contributed by atoms with Gasteiger partial charge in [-0.2, -0.15) is 65.9 Å². The lowest BCUT2D eigenvalue weighted by molar-refractivity contribution is -0.453. The zero-order valence-corrected chi connectivity index (χ0v) is 18.2. The van der Waals surface area contributed by atoms with Crippen LogP contribution in [0.4, 0.5) is 65.9 Å². The van der Waals surface area contributed by atoms with Crippen LogP contribution < -0.4 is 4.74 Å². The van der Waals surface area contributed by atoms with E-state index in [1.165, 1.54) is 13.0 Å². The fourth-order valence-electron chi connectivity index (χ4n) is 3.00. The van der Waals surface area contributed by atoms with Crippen LogP contribution in [0.25, 0.3) is 0 Å². The Morgan fingerprint density at radius 1 is 0.639 bits per heavy atom. The maximum absolute atomic E-state index is 14.5. The van der Waals surface area contributed by atoms with Crippen molar-refractivity contribution in [1.29, 1.82) is 0 Å². The maximum Gasteiger partial charge on any atom is 0.460 e. The van der Waals surface area contributed by atoms with E-state index >= 15 is 0 Å². The standard InChI is InChI=1S/C19H17F15O2/c1-4-36-11-8-6-5-7-10(11)12(2,35-3)9-13(20,21)14(22,23)15(24,25)16(26,27)17(28,29)18(30,31)19(32,33)34/h5-8H,4,9H2,1-3H3. The molecule has 0 radical (unpaired) electrons. The van der Waals surface area contributed by atoms with Gasteiger partial charge in [-0.1, -0.05) is 18.2 Å². The first-order valence-corrected chi connectivity index (χ1v) is 9.43. The Bertz CT molecular complexity index is 910. The monoisotopic (exact) mass is 562 g/mol. The molecule has 0 aliphatic carbocycles. The number of methoxy groups -OCH3 is 1. The van der Waals surface area contributed by atoms with Crippen molar-refractivity contribution in [2.24, 2.45) is 0 Å². The van der Waals surface area contributed by atoms with Gasteiger partial charge in [0, 0.05) is 12.7 Å². The molecule has 17 heteroatoms. The molecule has 0 N–H and O–H groups in total. The zero-order chi connectivity index (χ0) is 28.8. The average molecular weight is 562 g/mol. The van der Waals surface area contributed by atoms with Gasteiger partial charge >= 0.3 is 41.7 Å². The smallest absolute Gasteiger partial charge is 0.460 e. The van der Waals surface area contributed by atoms with Crippen molar-refractivity contribution in [2.45, 2.75) is 67.6 Å². The van der Waals surface area contributed by atoms with Crippen LogP contribution in [0.1, 0.15) is 25.8 Å². The number of halogens is 15. The van der Waals surface area contributed by atoms with Gasteiger partial charge in [-0.05, 0) is 19.9 Å². The van der Waals surface area contributed by atoms with Crippen LogP contribution >= 0.6 is 0 Å². The Labute approximate surface area is 193 Å². The van der Waals surface area contributed by atoms with Gasteiger partial charge in [0.1, 0.15) is 5.75 Å². The molecular weight excluding hydrogens is 545 g/mol. The molecule has 1 atom stereocenters. The first-order chi connectivity index (χ1) is 15.8. The normalized spacial score (nSPS) is 16.6. The second-order valence-electron chi connectivity index (χ2n) is 7.62. The quantitative estimate of drug-likeness (QED) is 0.257. The molecule has 1 aromatic carbocycles. The number of hydrogen-bond acceptors (Lipinski definition) is 2. The molecule has 36 heavy (non-hydrogen) atoms. The molecule has 0 aliphatic rings. The van der Waals surface area contributed by atoms with E-state index in [1.54, 1.807) is 0 Å². The lowest BCUT2D eigenvalue weighted by atomic mass is 9.83. The molecule has 1 unspecified atom stereocenters. The van der Waals surface area contributed by atoms with Gasteiger partial charge < -0.3 is 9.47 Å². The second kappa shape index (κ2) is 9.35. The van der Waals surface area contributed by atoms with Crippen LogP contribution in [0.5, 0.6) is 5.75 Å². The summed E-state index contributed by atoms with van der Waals surface area (Å²) in [6.07, 6.45) is -10.3. The molecule has 0 spiro atoms. The molecule has 0 bridgehead atoms. The number of benzene rings is 1. The number of para-hydroxylation sites is 1. The van der Waals surface area contributed by atoms with Crippen LogP contribution in [0.15, 0.2) is 24.3 Å². The largest absolute Gasteiger partial charge is 0.493 e. The summed E-state index contributed by atoms with van der Waals surface area (Å²) in [4.78, 5) is 0. The van der Waals surface area contributed by atoms with Crippen molar-refractivity contribution in [1.82, 2.24) is 0 Å². The summed E-state index contributed by atoms with van der Waals surface area (Å²) in [7, 11) is 0.585. The van der Waals surface area contributed by atoms with Crippen molar-refractivity contribution in [3.8, 4) is 5.75 Å². The van der Waals surface area contributed by atoms with E-state index < -0.39 is 59.3 Å². The predicted molar refractivity (Wildman–Crippen MR) is 92.3 cm³/mol. The highest BCUT2D eigenvalue weighted by Crippen LogP contribution is 2.63. The van der Waals surface area contributed by atoms with E-state index in [2.05, 4.69) is 4.74 Å². The number of alkyl halides is 15. The summed E-state index contributed by atoms with van der Waals surface area (Å²) in [6.45, 7) is 1.79. The van der Waals surface area contributed by atoms with Crippen LogP contribution in [0.2, 0.25) is 0 Å². The van der Waals surface area contributed by atoms with Crippen LogP contribution in [0.3, 0.4) is 0 Å². The molecule has 210 valence electrons.